The molecule has 4 rings (SSSR count). The average Bonchev–Trinajstić information content (AvgIpc) is 3.27. The lowest BCUT2D eigenvalue weighted by Gasteiger charge is -2.32. The molecule has 128 valence electrons. The molecule has 3 heterocycles. The number of amides is 4. The monoisotopic (exact) mass is 339 g/mol. The number of rotatable bonds is 3. The highest BCUT2D eigenvalue weighted by atomic mass is 16.3. The molecular weight excluding hydrogens is 322 g/mol. The predicted octanol–water partition coefficient (Wildman–Crippen LogP) is 1.54. The van der Waals surface area contributed by atoms with Crippen LogP contribution in [0, 0.1) is 5.92 Å². The molecule has 4 amide bonds. The number of imide groups is 1. The average molecular weight is 339 g/mol. The van der Waals surface area contributed by atoms with Gasteiger partial charge in [-0.25, -0.2) is 4.79 Å². The Bertz CT molecular complexity index is 831. The van der Waals surface area contributed by atoms with Crippen molar-refractivity contribution in [2.45, 2.75) is 13.0 Å². The molecule has 2 aromatic rings. The van der Waals surface area contributed by atoms with Crippen molar-refractivity contribution in [2.75, 3.05) is 18.0 Å². The standard InChI is InChI=1S/C18H17N3O4/c22-16(20-8-7-12-4-1-2-6-15(12)20)14-10-19-18(24)21(17(14)23)11-13-5-3-9-25-13/h1-6,9,14H,7-8,10-11H2,(H,19,24). The molecule has 1 atom stereocenters. The van der Waals surface area contributed by atoms with Crippen molar-refractivity contribution in [1.82, 2.24) is 10.2 Å². The lowest BCUT2D eigenvalue weighted by atomic mass is 10.0. The SMILES string of the molecule is O=C1NCC(C(=O)N2CCc3ccccc32)C(=O)N1Cc1ccco1. The third-order valence-corrected chi connectivity index (χ3v) is 4.61. The summed E-state index contributed by atoms with van der Waals surface area (Å²) in [5, 5.41) is 2.63. The molecule has 1 aromatic carbocycles. The molecule has 0 bridgehead atoms. The molecule has 25 heavy (non-hydrogen) atoms. The van der Waals surface area contributed by atoms with Gasteiger partial charge in [-0.1, -0.05) is 18.2 Å². The third kappa shape index (κ3) is 2.67. The van der Waals surface area contributed by atoms with Crippen LogP contribution >= 0.6 is 0 Å². The number of nitrogens with zero attached hydrogens (tertiary/aromatic N) is 2. The van der Waals surface area contributed by atoms with Gasteiger partial charge in [-0.3, -0.25) is 14.5 Å². The molecule has 1 saturated heterocycles. The van der Waals surface area contributed by atoms with Crippen molar-refractivity contribution < 1.29 is 18.8 Å². The number of anilines is 1. The van der Waals surface area contributed by atoms with E-state index in [0.717, 1.165) is 22.6 Å². The fourth-order valence-electron chi connectivity index (χ4n) is 3.32. The topological polar surface area (TPSA) is 82.9 Å². The largest absolute Gasteiger partial charge is 0.467 e. The Morgan fingerprint density at radius 2 is 2.04 bits per heavy atom. The molecule has 1 N–H and O–H groups in total. The van der Waals surface area contributed by atoms with E-state index >= 15 is 0 Å². The first-order valence-corrected chi connectivity index (χ1v) is 8.16. The molecule has 2 aliphatic rings. The van der Waals surface area contributed by atoms with Crippen molar-refractivity contribution in [3.63, 3.8) is 0 Å². The minimum absolute atomic E-state index is 0.0119. The zero-order valence-corrected chi connectivity index (χ0v) is 13.5. The van der Waals surface area contributed by atoms with Crippen LogP contribution in [0.5, 0.6) is 0 Å². The van der Waals surface area contributed by atoms with Crippen LogP contribution in [0.3, 0.4) is 0 Å². The van der Waals surface area contributed by atoms with Crippen LogP contribution in [0.25, 0.3) is 0 Å². The van der Waals surface area contributed by atoms with E-state index in [1.165, 1.54) is 6.26 Å². The molecule has 1 unspecified atom stereocenters. The summed E-state index contributed by atoms with van der Waals surface area (Å²) in [5.74, 6) is -1.20. The summed E-state index contributed by atoms with van der Waals surface area (Å²) in [6.45, 7) is 0.579. The predicted molar refractivity (Wildman–Crippen MR) is 88.6 cm³/mol. The van der Waals surface area contributed by atoms with E-state index < -0.39 is 17.9 Å². The minimum atomic E-state index is -0.918. The Labute approximate surface area is 144 Å². The van der Waals surface area contributed by atoms with E-state index in [1.807, 2.05) is 24.3 Å². The summed E-state index contributed by atoms with van der Waals surface area (Å²) in [4.78, 5) is 40.4. The van der Waals surface area contributed by atoms with E-state index in [2.05, 4.69) is 5.32 Å². The zero-order chi connectivity index (χ0) is 17.4. The minimum Gasteiger partial charge on any atom is -0.467 e. The number of benzene rings is 1. The number of carbonyl (C=O) groups is 3. The molecular formula is C18H17N3O4. The lowest BCUT2D eigenvalue weighted by molar-refractivity contribution is -0.140. The Balaban J connectivity index is 1.55. The number of hydrogen-bond acceptors (Lipinski definition) is 4. The van der Waals surface area contributed by atoms with Crippen LogP contribution in [0.4, 0.5) is 10.5 Å². The molecule has 7 nitrogen and oxygen atoms in total. The van der Waals surface area contributed by atoms with Crippen molar-refractivity contribution in [3.05, 3.63) is 54.0 Å². The van der Waals surface area contributed by atoms with Gasteiger partial charge in [0, 0.05) is 18.8 Å². The number of urea groups is 1. The van der Waals surface area contributed by atoms with E-state index in [1.54, 1.807) is 17.0 Å². The van der Waals surface area contributed by atoms with E-state index in [4.69, 9.17) is 4.42 Å². The van der Waals surface area contributed by atoms with Gasteiger partial charge in [0.05, 0.1) is 12.8 Å². The Morgan fingerprint density at radius 1 is 1.20 bits per heavy atom. The second-order valence-electron chi connectivity index (χ2n) is 6.11. The summed E-state index contributed by atoms with van der Waals surface area (Å²) < 4.78 is 5.21. The number of carbonyl (C=O) groups excluding carboxylic acids is 3. The van der Waals surface area contributed by atoms with Crippen molar-refractivity contribution >= 4 is 23.5 Å². The van der Waals surface area contributed by atoms with Gasteiger partial charge in [0.2, 0.25) is 11.8 Å². The quantitative estimate of drug-likeness (QED) is 0.860. The molecule has 1 aromatic heterocycles. The van der Waals surface area contributed by atoms with Gasteiger partial charge in [0.1, 0.15) is 11.7 Å². The van der Waals surface area contributed by atoms with E-state index in [9.17, 15) is 14.4 Å². The molecule has 0 radical (unpaired) electrons. The molecule has 0 spiro atoms. The van der Waals surface area contributed by atoms with Crippen LogP contribution in [-0.4, -0.2) is 35.8 Å². The van der Waals surface area contributed by atoms with E-state index in [0.29, 0.717) is 12.3 Å². The van der Waals surface area contributed by atoms with Crippen molar-refractivity contribution in [1.29, 1.82) is 0 Å². The first-order chi connectivity index (χ1) is 12.1. The smallest absolute Gasteiger partial charge is 0.324 e. The Kier molecular flexibility index (Phi) is 3.76. The molecule has 2 aliphatic heterocycles. The number of fused-ring (bicyclic) bond motifs is 1. The highest BCUT2D eigenvalue weighted by Gasteiger charge is 2.42. The normalized spacial score (nSPS) is 19.8. The van der Waals surface area contributed by atoms with Crippen LogP contribution in [0.2, 0.25) is 0 Å². The summed E-state index contributed by atoms with van der Waals surface area (Å²) >= 11 is 0. The number of furan rings is 1. The van der Waals surface area contributed by atoms with Gasteiger partial charge in [0.25, 0.3) is 0 Å². The van der Waals surface area contributed by atoms with Gasteiger partial charge in [-0.2, -0.15) is 0 Å². The second-order valence-corrected chi connectivity index (χ2v) is 6.11. The summed E-state index contributed by atoms with van der Waals surface area (Å²) in [6.07, 6.45) is 2.25. The highest BCUT2D eigenvalue weighted by Crippen LogP contribution is 2.29. The van der Waals surface area contributed by atoms with Crippen molar-refractivity contribution in [3.8, 4) is 0 Å². The summed E-state index contributed by atoms with van der Waals surface area (Å²) in [5.41, 5.74) is 1.94. The fraction of sp³-hybridized carbons (Fsp3) is 0.278. The van der Waals surface area contributed by atoms with Crippen molar-refractivity contribution in [2.24, 2.45) is 5.92 Å². The van der Waals surface area contributed by atoms with Gasteiger partial charge in [0.15, 0.2) is 0 Å². The maximum atomic E-state index is 12.9. The molecule has 7 heteroatoms. The summed E-state index contributed by atoms with van der Waals surface area (Å²) in [6, 6.07) is 10.5. The highest BCUT2D eigenvalue weighted by molar-refractivity contribution is 6.13. The third-order valence-electron chi connectivity index (χ3n) is 4.61. The van der Waals surface area contributed by atoms with Gasteiger partial charge in [-0.05, 0) is 30.2 Å². The van der Waals surface area contributed by atoms with E-state index in [-0.39, 0.29) is 19.0 Å². The maximum Gasteiger partial charge on any atom is 0.324 e. The lowest BCUT2D eigenvalue weighted by Crippen LogP contribution is -2.58. The van der Waals surface area contributed by atoms with Gasteiger partial charge in [-0.15, -0.1) is 0 Å². The van der Waals surface area contributed by atoms with Crippen LogP contribution in [0.1, 0.15) is 11.3 Å². The zero-order valence-electron chi connectivity index (χ0n) is 13.5. The van der Waals surface area contributed by atoms with Crippen LogP contribution in [0.15, 0.2) is 47.1 Å². The number of para-hydroxylation sites is 1. The first-order valence-electron chi connectivity index (χ1n) is 8.16. The van der Waals surface area contributed by atoms with Crippen LogP contribution < -0.4 is 10.2 Å². The molecule has 1 fully saturated rings. The summed E-state index contributed by atoms with van der Waals surface area (Å²) in [7, 11) is 0. The Morgan fingerprint density at radius 3 is 2.84 bits per heavy atom. The second kappa shape index (κ2) is 6.08. The first kappa shape index (κ1) is 15.4. The maximum absolute atomic E-state index is 12.9. The number of nitrogens with one attached hydrogen (secondary N) is 1. The van der Waals surface area contributed by atoms with Gasteiger partial charge < -0.3 is 14.6 Å². The molecule has 0 aliphatic carbocycles. The Hall–Kier alpha value is -3.09. The number of hydrogen-bond donors (Lipinski definition) is 1. The molecule has 0 saturated carbocycles. The van der Waals surface area contributed by atoms with Gasteiger partial charge >= 0.3 is 6.03 Å². The fourth-order valence-corrected chi connectivity index (χ4v) is 3.32. The van der Waals surface area contributed by atoms with Crippen LogP contribution in [-0.2, 0) is 22.6 Å².